The predicted octanol–water partition coefficient (Wildman–Crippen LogP) is 3.59. The summed E-state index contributed by atoms with van der Waals surface area (Å²) in [6.07, 6.45) is -0.748. The van der Waals surface area contributed by atoms with Crippen molar-refractivity contribution in [3.8, 4) is 0 Å². The SMILES string of the molecule is COC(=O)[C@@H](O)P1(=O)O[C@@H](c2ccccc2)C[C@H](c2ccccc2)O1. The molecule has 1 aliphatic heterocycles. The lowest BCUT2D eigenvalue weighted by Crippen LogP contribution is -2.29. The monoisotopic (exact) mass is 362 g/mol. The van der Waals surface area contributed by atoms with Crippen molar-refractivity contribution in [3.05, 3.63) is 71.8 Å². The predicted molar refractivity (Wildman–Crippen MR) is 90.8 cm³/mol. The van der Waals surface area contributed by atoms with E-state index in [1.54, 1.807) is 0 Å². The quantitative estimate of drug-likeness (QED) is 0.661. The van der Waals surface area contributed by atoms with Gasteiger partial charge in [-0.3, -0.25) is 13.6 Å². The third-order valence-electron chi connectivity index (χ3n) is 4.03. The zero-order valence-corrected chi connectivity index (χ0v) is 14.5. The van der Waals surface area contributed by atoms with Crippen molar-refractivity contribution < 1.29 is 28.3 Å². The minimum Gasteiger partial charge on any atom is -0.467 e. The molecule has 0 spiro atoms. The number of esters is 1. The van der Waals surface area contributed by atoms with E-state index in [1.165, 1.54) is 0 Å². The summed E-state index contributed by atoms with van der Waals surface area (Å²) in [5.41, 5.74) is 1.59. The van der Waals surface area contributed by atoms with E-state index in [1.807, 2.05) is 60.7 Å². The Kier molecular flexibility index (Phi) is 5.35. The van der Waals surface area contributed by atoms with Gasteiger partial charge in [0.1, 0.15) is 0 Å². The maximum atomic E-state index is 13.1. The molecular weight excluding hydrogens is 343 g/mol. The van der Waals surface area contributed by atoms with Crippen LogP contribution in [-0.2, 0) is 23.1 Å². The molecule has 7 heteroatoms. The first-order valence-corrected chi connectivity index (χ1v) is 9.47. The molecule has 0 bridgehead atoms. The summed E-state index contributed by atoms with van der Waals surface area (Å²) in [6.45, 7) is 0. The zero-order chi connectivity index (χ0) is 17.9. The van der Waals surface area contributed by atoms with Gasteiger partial charge in [-0.1, -0.05) is 60.7 Å². The lowest BCUT2D eigenvalue weighted by molar-refractivity contribution is -0.147. The lowest BCUT2D eigenvalue weighted by atomic mass is 9.99. The Morgan fingerprint density at radius 3 is 1.88 bits per heavy atom. The fourth-order valence-electron chi connectivity index (χ4n) is 2.74. The summed E-state index contributed by atoms with van der Waals surface area (Å²) in [5.74, 6) is -3.04. The Bertz CT molecular complexity index is 712. The molecule has 6 nitrogen and oxygen atoms in total. The number of hydrogen-bond acceptors (Lipinski definition) is 6. The molecule has 25 heavy (non-hydrogen) atoms. The second-order valence-corrected chi connectivity index (χ2v) is 7.67. The Balaban J connectivity index is 1.96. The second kappa shape index (κ2) is 7.50. The third-order valence-corrected chi connectivity index (χ3v) is 5.94. The summed E-state index contributed by atoms with van der Waals surface area (Å²) < 4.78 is 28.8. The Hall–Kier alpha value is -1.98. The van der Waals surface area contributed by atoms with Crippen molar-refractivity contribution in [2.75, 3.05) is 7.11 Å². The van der Waals surface area contributed by atoms with Crippen molar-refractivity contribution in [1.82, 2.24) is 0 Å². The molecule has 0 unspecified atom stereocenters. The molecular formula is C18H19O6P. The van der Waals surface area contributed by atoms with Crippen LogP contribution in [0, 0.1) is 0 Å². The minimum absolute atomic E-state index is 0.409. The van der Waals surface area contributed by atoms with Crippen LogP contribution in [0.15, 0.2) is 60.7 Å². The van der Waals surface area contributed by atoms with Crippen LogP contribution < -0.4 is 0 Å². The smallest absolute Gasteiger partial charge is 0.371 e. The van der Waals surface area contributed by atoms with Crippen LogP contribution in [0.5, 0.6) is 0 Å². The minimum atomic E-state index is -4.14. The molecule has 2 aromatic rings. The first-order chi connectivity index (χ1) is 12.0. The van der Waals surface area contributed by atoms with Gasteiger partial charge in [0, 0.05) is 6.42 Å². The van der Waals surface area contributed by atoms with Crippen molar-refractivity contribution >= 4 is 13.6 Å². The van der Waals surface area contributed by atoms with E-state index >= 15 is 0 Å². The van der Waals surface area contributed by atoms with Crippen molar-refractivity contribution in [2.24, 2.45) is 0 Å². The molecule has 1 aliphatic rings. The summed E-state index contributed by atoms with van der Waals surface area (Å²) >= 11 is 0. The second-order valence-electron chi connectivity index (χ2n) is 5.68. The van der Waals surface area contributed by atoms with Gasteiger partial charge in [0.25, 0.3) is 5.85 Å². The highest BCUT2D eigenvalue weighted by Crippen LogP contribution is 2.63. The molecule has 1 fully saturated rings. The van der Waals surface area contributed by atoms with Gasteiger partial charge < -0.3 is 9.84 Å². The van der Waals surface area contributed by atoms with E-state index in [2.05, 4.69) is 4.74 Å². The van der Waals surface area contributed by atoms with E-state index < -0.39 is 31.6 Å². The summed E-state index contributed by atoms with van der Waals surface area (Å²) in [5, 5.41) is 10.1. The van der Waals surface area contributed by atoms with Crippen molar-refractivity contribution in [3.63, 3.8) is 0 Å². The van der Waals surface area contributed by atoms with Gasteiger partial charge in [0.05, 0.1) is 19.3 Å². The fraction of sp³-hybridized carbons (Fsp3) is 0.278. The Morgan fingerprint density at radius 2 is 1.48 bits per heavy atom. The number of carbonyl (C=O) groups is 1. The van der Waals surface area contributed by atoms with Crippen LogP contribution in [0.1, 0.15) is 29.8 Å². The fourth-order valence-corrected chi connectivity index (χ4v) is 4.51. The average molecular weight is 362 g/mol. The average Bonchev–Trinajstić information content (AvgIpc) is 2.67. The molecule has 1 N–H and O–H groups in total. The maximum absolute atomic E-state index is 13.1. The molecule has 0 aliphatic carbocycles. The standard InChI is InChI=1S/C18H19O6P/c1-22-17(19)18(20)25(21)23-15(13-8-4-2-5-9-13)12-16(24-25)14-10-6-3-7-11-14/h2-11,15-16,18,20H,12H2,1H3/t15-,16-,18+/m1/s1. The van der Waals surface area contributed by atoms with Gasteiger partial charge in [0.15, 0.2) is 0 Å². The highest BCUT2D eigenvalue weighted by Gasteiger charge is 2.49. The van der Waals surface area contributed by atoms with Gasteiger partial charge in [-0.15, -0.1) is 0 Å². The maximum Gasteiger partial charge on any atom is 0.371 e. The highest BCUT2D eigenvalue weighted by molar-refractivity contribution is 7.55. The molecule has 1 heterocycles. The van der Waals surface area contributed by atoms with Gasteiger partial charge >= 0.3 is 13.6 Å². The number of carbonyl (C=O) groups excluding carboxylic acids is 1. The molecule has 0 saturated carbocycles. The van der Waals surface area contributed by atoms with Crippen LogP contribution in [0.3, 0.4) is 0 Å². The lowest BCUT2D eigenvalue weighted by Gasteiger charge is -2.36. The Labute approximate surface area is 145 Å². The van der Waals surface area contributed by atoms with Gasteiger partial charge in [0.2, 0.25) is 0 Å². The Morgan fingerprint density at radius 1 is 1.04 bits per heavy atom. The number of rotatable bonds is 4. The van der Waals surface area contributed by atoms with Crippen LogP contribution in [0.4, 0.5) is 0 Å². The molecule has 132 valence electrons. The summed E-state index contributed by atoms with van der Waals surface area (Å²) in [4.78, 5) is 11.7. The number of hydrogen-bond donors (Lipinski definition) is 1. The van der Waals surface area contributed by atoms with Crippen LogP contribution in [0.2, 0.25) is 0 Å². The molecule has 3 rings (SSSR count). The van der Waals surface area contributed by atoms with E-state index in [0.717, 1.165) is 18.2 Å². The normalized spacial score (nSPS) is 27.4. The molecule has 1 saturated heterocycles. The molecule has 2 aromatic carbocycles. The third kappa shape index (κ3) is 3.83. The number of aliphatic hydroxyl groups excluding tert-OH is 1. The molecule has 0 amide bonds. The zero-order valence-electron chi connectivity index (χ0n) is 13.6. The number of ether oxygens (including phenoxy) is 1. The largest absolute Gasteiger partial charge is 0.467 e. The molecule has 0 aromatic heterocycles. The van der Waals surface area contributed by atoms with Crippen LogP contribution in [-0.4, -0.2) is 24.0 Å². The first kappa shape index (κ1) is 17.8. The highest BCUT2D eigenvalue weighted by atomic mass is 31.2. The van der Waals surface area contributed by atoms with Crippen LogP contribution >= 0.6 is 7.60 Å². The van der Waals surface area contributed by atoms with Crippen LogP contribution in [0.25, 0.3) is 0 Å². The van der Waals surface area contributed by atoms with Gasteiger partial charge in [-0.2, -0.15) is 0 Å². The number of aliphatic hydroxyl groups is 1. The van der Waals surface area contributed by atoms with Crippen molar-refractivity contribution in [2.45, 2.75) is 24.5 Å². The van der Waals surface area contributed by atoms with E-state index in [9.17, 15) is 14.5 Å². The van der Waals surface area contributed by atoms with E-state index in [-0.39, 0.29) is 0 Å². The first-order valence-electron chi connectivity index (χ1n) is 7.86. The molecule has 0 radical (unpaired) electrons. The van der Waals surface area contributed by atoms with E-state index in [4.69, 9.17) is 9.05 Å². The topological polar surface area (TPSA) is 82.1 Å². The number of methoxy groups -OCH3 is 1. The van der Waals surface area contributed by atoms with Gasteiger partial charge in [-0.05, 0) is 11.1 Å². The van der Waals surface area contributed by atoms with Gasteiger partial charge in [-0.25, -0.2) is 4.79 Å². The molecule has 3 atom stereocenters. The number of benzene rings is 2. The van der Waals surface area contributed by atoms with E-state index in [0.29, 0.717) is 6.42 Å². The van der Waals surface area contributed by atoms with Crippen molar-refractivity contribution in [1.29, 1.82) is 0 Å². The summed E-state index contributed by atoms with van der Waals surface area (Å²) in [7, 11) is -3.04. The summed E-state index contributed by atoms with van der Waals surface area (Å²) in [6, 6.07) is 18.4.